The number of halogens is 2. The van der Waals surface area contributed by atoms with Gasteiger partial charge < -0.3 is 4.57 Å². The van der Waals surface area contributed by atoms with Crippen molar-refractivity contribution in [2.45, 2.75) is 26.3 Å². The number of carbonyl (C=O) groups excluding carboxylic acids is 1. The van der Waals surface area contributed by atoms with Crippen molar-refractivity contribution in [2.24, 2.45) is 0 Å². The molecule has 0 aliphatic heterocycles. The molecular weight excluding hydrogens is 309 g/mol. The first-order valence-corrected chi connectivity index (χ1v) is 7.39. The van der Waals surface area contributed by atoms with Crippen molar-refractivity contribution in [3.8, 4) is 0 Å². The van der Waals surface area contributed by atoms with E-state index in [-0.39, 0.29) is 11.3 Å². The van der Waals surface area contributed by atoms with Crippen molar-refractivity contribution in [1.82, 2.24) is 4.57 Å². The fraction of sp³-hybridized carbons (Fsp3) is 0.250. The molecule has 1 unspecified atom stereocenters. The maximum atomic E-state index is 12.6. The fourth-order valence-corrected chi connectivity index (χ4v) is 2.74. The molecule has 0 radical (unpaired) electrons. The van der Waals surface area contributed by atoms with Crippen LogP contribution in [0.4, 0.5) is 0 Å². The lowest BCUT2D eigenvalue weighted by molar-refractivity contribution is 0.0965. The van der Waals surface area contributed by atoms with Crippen LogP contribution in [0.1, 0.15) is 35.7 Å². The molecule has 2 rings (SSSR count). The summed E-state index contributed by atoms with van der Waals surface area (Å²) >= 11 is 12.0. The minimum atomic E-state index is -0.405. The first kappa shape index (κ1) is 15.8. The number of benzene rings is 1. The van der Waals surface area contributed by atoms with E-state index in [1.165, 1.54) is 10.6 Å². The van der Waals surface area contributed by atoms with Crippen LogP contribution in [0.25, 0.3) is 0 Å². The van der Waals surface area contributed by atoms with Crippen molar-refractivity contribution in [3.05, 3.63) is 68.1 Å². The van der Waals surface area contributed by atoms with Gasteiger partial charge in [0.1, 0.15) is 0 Å². The van der Waals surface area contributed by atoms with Crippen LogP contribution in [0, 0.1) is 0 Å². The summed E-state index contributed by atoms with van der Waals surface area (Å²) in [5.41, 5.74) is 1.10. The second kappa shape index (κ2) is 6.46. The standard InChI is InChI=1S/C16H15Cl2NO2/c1-3-19-9-11(4-7-15(19)20)16(21)10(2)13-6-5-12(17)8-14(13)18/h4-10H,3H2,1-2H3. The molecule has 0 spiro atoms. The molecule has 3 nitrogen and oxygen atoms in total. The summed E-state index contributed by atoms with van der Waals surface area (Å²) in [6.45, 7) is 4.17. The summed E-state index contributed by atoms with van der Waals surface area (Å²) < 4.78 is 1.50. The zero-order valence-corrected chi connectivity index (χ0v) is 13.3. The highest BCUT2D eigenvalue weighted by molar-refractivity contribution is 6.35. The predicted molar refractivity (Wildman–Crippen MR) is 85.6 cm³/mol. The largest absolute Gasteiger partial charge is 0.315 e. The molecule has 1 atom stereocenters. The van der Waals surface area contributed by atoms with Crippen molar-refractivity contribution in [2.75, 3.05) is 0 Å². The number of ketones is 1. The molecule has 110 valence electrons. The molecule has 5 heteroatoms. The zero-order chi connectivity index (χ0) is 15.6. The van der Waals surface area contributed by atoms with E-state index in [4.69, 9.17) is 23.2 Å². The fourth-order valence-electron chi connectivity index (χ4n) is 2.17. The molecule has 21 heavy (non-hydrogen) atoms. The molecule has 1 aromatic carbocycles. The number of Topliss-reactive ketones (excluding diaryl/α,β-unsaturated/α-hetero) is 1. The molecule has 0 saturated carbocycles. The number of aromatic nitrogens is 1. The second-order valence-corrected chi connectivity index (χ2v) is 5.64. The van der Waals surface area contributed by atoms with Gasteiger partial charge in [-0.05, 0) is 30.7 Å². The van der Waals surface area contributed by atoms with Gasteiger partial charge in [0.05, 0.1) is 0 Å². The third-order valence-electron chi connectivity index (χ3n) is 3.43. The molecule has 0 N–H and O–H groups in total. The molecule has 0 aliphatic rings. The molecule has 1 aromatic heterocycles. The van der Waals surface area contributed by atoms with Crippen molar-refractivity contribution < 1.29 is 4.79 Å². The molecule has 0 bridgehead atoms. The van der Waals surface area contributed by atoms with Crippen LogP contribution < -0.4 is 5.56 Å². The van der Waals surface area contributed by atoms with E-state index >= 15 is 0 Å². The van der Waals surface area contributed by atoms with Crippen LogP contribution in [0.2, 0.25) is 10.0 Å². The first-order chi connectivity index (χ1) is 9.93. The van der Waals surface area contributed by atoms with E-state index in [2.05, 4.69) is 0 Å². The van der Waals surface area contributed by atoms with E-state index in [0.717, 1.165) is 5.56 Å². The Morgan fingerprint density at radius 1 is 1.24 bits per heavy atom. The van der Waals surface area contributed by atoms with Gasteiger partial charge in [-0.1, -0.05) is 36.2 Å². The summed E-state index contributed by atoms with van der Waals surface area (Å²) in [4.78, 5) is 24.1. The molecule has 0 aliphatic carbocycles. The van der Waals surface area contributed by atoms with Gasteiger partial charge in [-0.15, -0.1) is 0 Å². The van der Waals surface area contributed by atoms with Gasteiger partial charge >= 0.3 is 0 Å². The van der Waals surface area contributed by atoms with Gasteiger partial charge in [-0.25, -0.2) is 0 Å². The summed E-state index contributed by atoms with van der Waals surface area (Å²) in [6, 6.07) is 8.04. The highest BCUT2D eigenvalue weighted by atomic mass is 35.5. The van der Waals surface area contributed by atoms with Crippen LogP contribution >= 0.6 is 23.2 Å². The van der Waals surface area contributed by atoms with E-state index in [1.54, 1.807) is 37.4 Å². The van der Waals surface area contributed by atoms with Gasteiger partial charge in [-0.2, -0.15) is 0 Å². The highest BCUT2D eigenvalue weighted by Crippen LogP contribution is 2.29. The van der Waals surface area contributed by atoms with Crippen LogP contribution in [-0.4, -0.2) is 10.4 Å². The monoisotopic (exact) mass is 323 g/mol. The molecule has 0 saturated heterocycles. The maximum Gasteiger partial charge on any atom is 0.250 e. The Kier molecular flexibility index (Phi) is 4.86. The van der Waals surface area contributed by atoms with Crippen LogP contribution in [0.3, 0.4) is 0 Å². The Hall–Kier alpha value is -1.58. The lowest BCUT2D eigenvalue weighted by Crippen LogP contribution is -2.20. The summed E-state index contributed by atoms with van der Waals surface area (Å²) in [5, 5.41) is 0.995. The van der Waals surface area contributed by atoms with E-state index in [0.29, 0.717) is 22.2 Å². The SMILES string of the molecule is CCn1cc(C(=O)C(C)c2ccc(Cl)cc2Cl)ccc1=O. The molecule has 0 amide bonds. The highest BCUT2D eigenvalue weighted by Gasteiger charge is 2.20. The third-order valence-corrected chi connectivity index (χ3v) is 3.99. The summed E-state index contributed by atoms with van der Waals surface area (Å²) in [7, 11) is 0. The van der Waals surface area contributed by atoms with Gasteiger partial charge in [0.25, 0.3) is 5.56 Å². The molecule has 0 fully saturated rings. The Bertz CT molecular complexity index is 737. The quantitative estimate of drug-likeness (QED) is 0.792. The third kappa shape index (κ3) is 3.36. The lowest BCUT2D eigenvalue weighted by atomic mass is 9.93. The topological polar surface area (TPSA) is 39.1 Å². The minimum Gasteiger partial charge on any atom is -0.315 e. The van der Waals surface area contributed by atoms with Crippen LogP contribution in [-0.2, 0) is 6.54 Å². The van der Waals surface area contributed by atoms with E-state index < -0.39 is 5.92 Å². The minimum absolute atomic E-state index is 0.0820. The number of rotatable bonds is 4. The van der Waals surface area contributed by atoms with Crippen molar-refractivity contribution in [3.63, 3.8) is 0 Å². The van der Waals surface area contributed by atoms with Crippen molar-refractivity contribution >= 4 is 29.0 Å². The second-order valence-electron chi connectivity index (χ2n) is 4.79. The predicted octanol–water partition coefficient (Wildman–Crippen LogP) is 4.16. The van der Waals surface area contributed by atoms with Gasteiger partial charge in [0.15, 0.2) is 5.78 Å². The average molecular weight is 324 g/mol. The maximum absolute atomic E-state index is 12.6. The van der Waals surface area contributed by atoms with Crippen LogP contribution in [0.15, 0.2) is 41.3 Å². The smallest absolute Gasteiger partial charge is 0.250 e. The zero-order valence-electron chi connectivity index (χ0n) is 11.8. The number of hydrogen-bond acceptors (Lipinski definition) is 2. The van der Waals surface area contributed by atoms with Gasteiger partial charge in [0.2, 0.25) is 0 Å². The normalized spacial score (nSPS) is 12.2. The van der Waals surface area contributed by atoms with E-state index in [9.17, 15) is 9.59 Å². The van der Waals surface area contributed by atoms with Gasteiger partial charge in [-0.3, -0.25) is 9.59 Å². The molecule has 2 aromatic rings. The first-order valence-electron chi connectivity index (χ1n) is 6.63. The van der Waals surface area contributed by atoms with Gasteiger partial charge in [0, 0.05) is 40.3 Å². The number of nitrogens with zero attached hydrogens (tertiary/aromatic N) is 1. The van der Waals surface area contributed by atoms with Crippen LogP contribution in [0.5, 0.6) is 0 Å². The summed E-state index contributed by atoms with van der Waals surface area (Å²) in [5.74, 6) is -0.487. The lowest BCUT2D eigenvalue weighted by Gasteiger charge is -2.14. The number of carbonyl (C=O) groups is 1. The Balaban J connectivity index is 2.37. The number of aryl methyl sites for hydroxylation is 1. The number of pyridine rings is 1. The Morgan fingerprint density at radius 2 is 1.95 bits per heavy atom. The Labute approximate surface area is 133 Å². The average Bonchev–Trinajstić information content (AvgIpc) is 2.46. The van der Waals surface area contributed by atoms with Crippen molar-refractivity contribution in [1.29, 1.82) is 0 Å². The summed E-state index contributed by atoms with van der Waals surface area (Å²) in [6.07, 6.45) is 1.59. The Morgan fingerprint density at radius 3 is 2.57 bits per heavy atom. The number of hydrogen-bond donors (Lipinski definition) is 0. The molecular formula is C16H15Cl2NO2. The molecule has 1 heterocycles. The van der Waals surface area contributed by atoms with E-state index in [1.807, 2.05) is 6.92 Å².